The molecule has 1 aromatic rings. The summed E-state index contributed by atoms with van der Waals surface area (Å²) in [7, 11) is 0. The fourth-order valence-electron chi connectivity index (χ4n) is 1.68. The van der Waals surface area contributed by atoms with Crippen molar-refractivity contribution in [2.24, 2.45) is 0 Å². The van der Waals surface area contributed by atoms with Gasteiger partial charge in [-0.05, 0) is 31.0 Å². The first-order valence-electron chi connectivity index (χ1n) is 5.50. The fourth-order valence-corrected chi connectivity index (χ4v) is 1.68. The van der Waals surface area contributed by atoms with Gasteiger partial charge in [-0.2, -0.15) is 0 Å². The third kappa shape index (κ3) is 2.94. The zero-order valence-corrected chi connectivity index (χ0v) is 9.32. The van der Waals surface area contributed by atoms with Gasteiger partial charge in [-0.25, -0.2) is 9.18 Å². The molecular weight excluding hydrogens is 225 g/mol. The Bertz CT molecular complexity index is 416. The van der Waals surface area contributed by atoms with Gasteiger partial charge < -0.3 is 15.2 Å². The van der Waals surface area contributed by atoms with Crippen molar-refractivity contribution in [1.82, 2.24) is 0 Å². The predicted octanol–water partition coefficient (Wildman–Crippen LogP) is 1.74. The van der Waals surface area contributed by atoms with Crippen LogP contribution in [0.2, 0.25) is 0 Å². The van der Waals surface area contributed by atoms with Crippen LogP contribution in [0.3, 0.4) is 0 Å². The van der Waals surface area contributed by atoms with E-state index in [1.165, 1.54) is 12.1 Å². The van der Waals surface area contributed by atoms with E-state index in [1.807, 2.05) is 0 Å². The molecule has 0 aliphatic carbocycles. The molecule has 0 radical (unpaired) electrons. The molecule has 92 valence electrons. The summed E-state index contributed by atoms with van der Waals surface area (Å²) in [6, 6.07) is 3.88. The average molecular weight is 239 g/mol. The molecule has 1 heterocycles. The summed E-state index contributed by atoms with van der Waals surface area (Å²) in [5.41, 5.74) is 5.51. The number of anilines is 1. The number of halogens is 1. The fraction of sp³-hybridized carbons (Fsp3) is 0.417. The van der Waals surface area contributed by atoms with Crippen molar-refractivity contribution in [1.29, 1.82) is 0 Å². The Morgan fingerprint density at radius 1 is 1.53 bits per heavy atom. The highest BCUT2D eigenvalue weighted by atomic mass is 19.1. The highest BCUT2D eigenvalue weighted by Crippen LogP contribution is 2.16. The summed E-state index contributed by atoms with van der Waals surface area (Å²) in [4.78, 5) is 11.7. The number of rotatable bonds is 2. The molecular formula is C12H14FNO3. The standard InChI is InChI=1S/C12H14FNO3/c13-10-6-8(3-4-11(10)14)12(15)17-9-2-1-5-16-7-9/h3-4,6,9H,1-2,5,7,14H2. The first kappa shape index (κ1) is 11.9. The van der Waals surface area contributed by atoms with Crippen LogP contribution in [0.25, 0.3) is 0 Å². The maximum Gasteiger partial charge on any atom is 0.338 e. The molecule has 17 heavy (non-hydrogen) atoms. The van der Waals surface area contributed by atoms with Crippen molar-refractivity contribution < 1.29 is 18.7 Å². The van der Waals surface area contributed by atoms with Crippen molar-refractivity contribution in [2.45, 2.75) is 18.9 Å². The van der Waals surface area contributed by atoms with Gasteiger partial charge in [0.15, 0.2) is 0 Å². The summed E-state index contributed by atoms with van der Waals surface area (Å²) in [6.07, 6.45) is 1.41. The minimum Gasteiger partial charge on any atom is -0.456 e. The second kappa shape index (κ2) is 5.14. The Hall–Kier alpha value is -1.62. The second-order valence-corrected chi connectivity index (χ2v) is 3.98. The smallest absolute Gasteiger partial charge is 0.338 e. The number of carbonyl (C=O) groups excluding carboxylic acids is 1. The van der Waals surface area contributed by atoms with Gasteiger partial charge in [-0.15, -0.1) is 0 Å². The van der Waals surface area contributed by atoms with E-state index in [0.29, 0.717) is 13.2 Å². The zero-order chi connectivity index (χ0) is 12.3. The summed E-state index contributed by atoms with van der Waals surface area (Å²) in [5.74, 6) is -1.15. The molecule has 0 amide bonds. The molecule has 1 aliphatic rings. The lowest BCUT2D eigenvalue weighted by molar-refractivity contribution is -0.0306. The van der Waals surface area contributed by atoms with Crippen molar-refractivity contribution in [3.8, 4) is 0 Å². The minimum absolute atomic E-state index is 0.0162. The molecule has 0 spiro atoms. The Morgan fingerprint density at radius 3 is 3.00 bits per heavy atom. The van der Waals surface area contributed by atoms with Crippen LogP contribution in [0.5, 0.6) is 0 Å². The van der Waals surface area contributed by atoms with Gasteiger partial charge in [0.05, 0.1) is 17.9 Å². The highest BCUT2D eigenvalue weighted by Gasteiger charge is 2.19. The van der Waals surface area contributed by atoms with Crippen LogP contribution in [-0.2, 0) is 9.47 Å². The molecule has 1 aromatic carbocycles. The van der Waals surface area contributed by atoms with E-state index >= 15 is 0 Å². The molecule has 1 saturated heterocycles. The minimum atomic E-state index is -0.612. The quantitative estimate of drug-likeness (QED) is 0.630. The van der Waals surface area contributed by atoms with Crippen LogP contribution in [0.15, 0.2) is 18.2 Å². The van der Waals surface area contributed by atoms with Gasteiger partial charge in [0.1, 0.15) is 11.9 Å². The van der Waals surface area contributed by atoms with Gasteiger partial charge in [-0.1, -0.05) is 0 Å². The molecule has 1 atom stereocenters. The Labute approximate surface area is 98.5 Å². The molecule has 1 fully saturated rings. The molecule has 5 heteroatoms. The lowest BCUT2D eigenvalue weighted by Crippen LogP contribution is -2.28. The maximum atomic E-state index is 13.2. The lowest BCUT2D eigenvalue weighted by Gasteiger charge is -2.22. The largest absolute Gasteiger partial charge is 0.456 e. The number of esters is 1. The van der Waals surface area contributed by atoms with Crippen molar-refractivity contribution in [3.05, 3.63) is 29.6 Å². The molecule has 0 aromatic heterocycles. The summed E-state index contributed by atoms with van der Waals surface area (Å²) in [5, 5.41) is 0. The van der Waals surface area contributed by atoms with Crippen molar-refractivity contribution >= 4 is 11.7 Å². The predicted molar refractivity (Wildman–Crippen MR) is 60.1 cm³/mol. The highest BCUT2D eigenvalue weighted by molar-refractivity contribution is 5.90. The van der Waals surface area contributed by atoms with Crippen LogP contribution >= 0.6 is 0 Å². The maximum absolute atomic E-state index is 13.2. The molecule has 0 saturated carbocycles. The van der Waals surface area contributed by atoms with E-state index in [-0.39, 0.29) is 17.4 Å². The van der Waals surface area contributed by atoms with Crippen molar-refractivity contribution in [3.63, 3.8) is 0 Å². The van der Waals surface area contributed by atoms with Crippen LogP contribution < -0.4 is 5.73 Å². The van der Waals surface area contributed by atoms with Gasteiger partial charge in [0.2, 0.25) is 0 Å². The van der Waals surface area contributed by atoms with Crippen LogP contribution in [0.4, 0.5) is 10.1 Å². The Balaban J connectivity index is 2.01. The Kier molecular flexibility index (Phi) is 3.58. The van der Waals surface area contributed by atoms with Gasteiger partial charge in [-0.3, -0.25) is 0 Å². The van der Waals surface area contributed by atoms with E-state index in [9.17, 15) is 9.18 Å². The first-order chi connectivity index (χ1) is 8.16. The van der Waals surface area contributed by atoms with E-state index in [1.54, 1.807) is 0 Å². The zero-order valence-electron chi connectivity index (χ0n) is 9.32. The number of ether oxygens (including phenoxy) is 2. The molecule has 1 aliphatic heterocycles. The topological polar surface area (TPSA) is 61.6 Å². The molecule has 2 N–H and O–H groups in total. The summed E-state index contributed by atoms with van der Waals surface area (Å²) >= 11 is 0. The van der Waals surface area contributed by atoms with Gasteiger partial charge in [0, 0.05) is 6.61 Å². The van der Waals surface area contributed by atoms with Gasteiger partial charge >= 0.3 is 5.97 Å². The Morgan fingerprint density at radius 2 is 2.35 bits per heavy atom. The average Bonchev–Trinajstić information content (AvgIpc) is 2.34. The number of nitrogens with two attached hydrogens (primary N) is 1. The van der Waals surface area contributed by atoms with Crippen LogP contribution in [-0.4, -0.2) is 25.3 Å². The molecule has 1 unspecified atom stereocenters. The number of nitrogen functional groups attached to an aromatic ring is 1. The van der Waals surface area contributed by atoms with E-state index < -0.39 is 11.8 Å². The summed E-state index contributed by atoms with van der Waals surface area (Å²) < 4.78 is 23.6. The molecule has 0 bridgehead atoms. The van der Waals surface area contributed by atoms with E-state index in [2.05, 4.69) is 0 Å². The monoisotopic (exact) mass is 239 g/mol. The van der Waals surface area contributed by atoms with Crippen LogP contribution in [0.1, 0.15) is 23.2 Å². The first-order valence-corrected chi connectivity index (χ1v) is 5.50. The number of benzene rings is 1. The number of carbonyl (C=O) groups is 1. The van der Waals surface area contributed by atoms with Crippen LogP contribution in [0, 0.1) is 5.82 Å². The molecule has 2 rings (SSSR count). The SMILES string of the molecule is Nc1ccc(C(=O)OC2CCCOC2)cc1F. The third-order valence-corrected chi connectivity index (χ3v) is 2.63. The lowest BCUT2D eigenvalue weighted by atomic mass is 10.1. The van der Waals surface area contributed by atoms with E-state index in [4.69, 9.17) is 15.2 Å². The molecule has 4 nitrogen and oxygen atoms in total. The van der Waals surface area contributed by atoms with Crippen molar-refractivity contribution in [2.75, 3.05) is 18.9 Å². The third-order valence-electron chi connectivity index (χ3n) is 2.63. The van der Waals surface area contributed by atoms with Gasteiger partial charge in [0.25, 0.3) is 0 Å². The normalized spacial score (nSPS) is 19.9. The summed E-state index contributed by atoms with van der Waals surface area (Å²) in [6.45, 7) is 1.10. The van der Waals surface area contributed by atoms with E-state index in [0.717, 1.165) is 18.9 Å². The number of hydrogen-bond acceptors (Lipinski definition) is 4. The second-order valence-electron chi connectivity index (χ2n) is 3.98. The number of hydrogen-bond donors (Lipinski definition) is 1.